The third-order valence-electron chi connectivity index (χ3n) is 3.72. The van der Waals surface area contributed by atoms with Crippen LogP contribution in [0, 0.1) is 11.7 Å². The van der Waals surface area contributed by atoms with Gasteiger partial charge in [0.15, 0.2) is 0 Å². The molecule has 4 N–H and O–H groups in total. The second kappa shape index (κ2) is 6.52. The highest BCUT2D eigenvalue weighted by Gasteiger charge is 2.17. The third kappa shape index (κ3) is 3.44. The van der Waals surface area contributed by atoms with Crippen molar-refractivity contribution in [3.63, 3.8) is 0 Å². The number of anilines is 1. The largest absolute Gasteiger partial charge is 0.352 e. The molecule has 1 aliphatic carbocycles. The number of hydrogen-bond acceptors (Lipinski definition) is 3. The summed E-state index contributed by atoms with van der Waals surface area (Å²) in [6.45, 7) is 0.629. The standard InChI is InChI=1S/C14H20FN3O/c15-12-7-3-6-11(13(12)18-16)14(19)17-9-8-10-4-1-2-5-10/h3,6-7,10,18H,1-2,4-5,8-9,16H2,(H,17,19). The number of benzene rings is 1. The molecule has 0 radical (unpaired) electrons. The van der Waals surface area contributed by atoms with Crippen LogP contribution in [0.15, 0.2) is 18.2 Å². The maximum absolute atomic E-state index is 13.5. The summed E-state index contributed by atoms with van der Waals surface area (Å²) in [5, 5.41) is 2.83. The fourth-order valence-corrected chi connectivity index (χ4v) is 2.64. The molecular formula is C14H20FN3O. The Bertz CT molecular complexity index is 444. The number of para-hydroxylation sites is 1. The van der Waals surface area contributed by atoms with E-state index in [9.17, 15) is 9.18 Å². The summed E-state index contributed by atoms with van der Waals surface area (Å²) >= 11 is 0. The molecule has 1 aromatic carbocycles. The SMILES string of the molecule is NNc1c(F)cccc1C(=O)NCCC1CCCC1. The van der Waals surface area contributed by atoms with Crippen LogP contribution in [0.25, 0.3) is 0 Å². The van der Waals surface area contributed by atoms with Crippen LogP contribution in [-0.2, 0) is 0 Å². The number of carbonyl (C=O) groups is 1. The fraction of sp³-hybridized carbons (Fsp3) is 0.500. The fourth-order valence-electron chi connectivity index (χ4n) is 2.64. The molecule has 0 aliphatic heterocycles. The topological polar surface area (TPSA) is 67.1 Å². The highest BCUT2D eigenvalue weighted by Crippen LogP contribution is 2.27. The van der Waals surface area contributed by atoms with Gasteiger partial charge in [-0.15, -0.1) is 0 Å². The van der Waals surface area contributed by atoms with E-state index in [0.29, 0.717) is 6.54 Å². The molecule has 1 fully saturated rings. The van der Waals surface area contributed by atoms with Gasteiger partial charge in [0.05, 0.1) is 11.3 Å². The molecule has 0 spiro atoms. The first-order valence-electron chi connectivity index (χ1n) is 6.75. The molecule has 5 heteroatoms. The van der Waals surface area contributed by atoms with E-state index in [4.69, 9.17) is 5.84 Å². The van der Waals surface area contributed by atoms with Crippen LogP contribution >= 0.6 is 0 Å². The van der Waals surface area contributed by atoms with Crippen LogP contribution < -0.4 is 16.6 Å². The Morgan fingerprint density at radius 3 is 2.79 bits per heavy atom. The van der Waals surface area contributed by atoms with E-state index in [1.54, 1.807) is 6.07 Å². The van der Waals surface area contributed by atoms with E-state index >= 15 is 0 Å². The second-order valence-corrected chi connectivity index (χ2v) is 5.00. The van der Waals surface area contributed by atoms with Gasteiger partial charge in [-0.05, 0) is 24.5 Å². The number of nitrogens with two attached hydrogens (primary N) is 1. The smallest absolute Gasteiger partial charge is 0.253 e. The van der Waals surface area contributed by atoms with Crippen molar-refractivity contribution in [2.75, 3.05) is 12.0 Å². The van der Waals surface area contributed by atoms with Crippen molar-refractivity contribution in [2.45, 2.75) is 32.1 Å². The zero-order valence-corrected chi connectivity index (χ0v) is 10.9. The van der Waals surface area contributed by atoms with E-state index in [2.05, 4.69) is 10.7 Å². The molecule has 4 nitrogen and oxygen atoms in total. The summed E-state index contributed by atoms with van der Waals surface area (Å²) in [4.78, 5) is 12.0. The van der Waals surface area contributed by atoms with E-state index in [1.165, 1.54) is 37.8 Å². The van der Waals surface area contributed by atoms with Gasteiger partial charge in [0, 0.05) is 6.54 Å². The Balaban J connectivity index is 1.90. The number of nitrogen functional groups attached to an aromatic ring is 1. The zero-order valence-electron chi connectivity index (χ0n) is 10.9. The van der Waals surface area contributed by atoms with Crippen LogP contribution in [0.4, 0.5) is 10.1 Å². The van der Waals surface area contributed by atoms with Gasteiger partial charge in [-0.25, -0.2) is 4.39 Å². The van der Waals surface area contributed by atoms with Crippen molar-refractivity contribution in [3.05, 3.63) is 29.6 Å². The van der Waals surface area contributed by atoms with Gasteiger partial charge in [0.1, 0.15) is 5.82 Å². The minimum absolute atomic E-state index is 0.0425. The molecule has 1 aliphatic rings. The molecule has 0 atom stereocenters. The van der Waals surface area contributed by atoms with Crippen LogP contribution in [0.1, 0.15) is 42.5 Å². The first-order chi connectivity index (χ1) is 9.22. The molecule has 0 saturated heterocycles. The molecule has 1 saturated carbocycles. The molecule has 1 amide bonds. The summed E-state index contributed by atoms with van der Waals surface area (Å²) in [6.07, 6.45) is 6.09. The maximum Gasteiger partial charge on any atom is 0.253 e. The molecule has 1 aromatic rings. The zero-order chi connectivity index (χ0) is 13.7. The van der Waals surface area contributed by atoms with Crippen molar-refractivity contribution in [1.82, 2.24) is 5.32 Å². The van der Waals surface area contributed by atoms with Gasteiger partial charge in [-0.3, -0.25) is 10.6 Å². The van der Waals surface area contributed by atoms with Crippen molar-refractivity contribution >= 4 is 11.6 Å². The van der Waals surface area contributed by atoms with Gasteiger partial charge in [0.2, 0.25) is 0 Å². The Morgan fingerprint density at radius 2 is 2.11 bits per heavy atom. The van der Waals surface area contributed by atoms with Gasteiger partial charge >= 0.3 is 0 Å². The second-order valence-electron chi connectivity index (χ2n) is 5.00. The molecule has 0 bridgehead atoms. The predicted octanol–water partition coefficient (Wildman–Crippen LogP) is 2.42. The van der Waals surface area contributed by atoms with Crippen molar-refractivity contribution in [1.29, 1.82) is 0 Å². The van der Waals surface area contributed by atoms with Crippen molar-refractivity contribution < 1.29 is 9.18 Å². The first-order valence-corrected chi connectivity index (χ1v) is 6.75. The van der Waals surface area contributed by atoms with E-state index in [1.807, 2.05) is 0 Å². The minimum Gasteiger partial charge on any atom is -0.352 e. The highest BCUT2D eigenvalue weighted by atomic mass is 19.1. The van der Waals surface area contributed by atoms with Gasteiger partial charge in [-0.2, -0.15) is 0 Å². The molecule has 2 rings (SSSR count). The highest BCUT2D eigenvalue weighted by molar-refractivity contribution is 5.99. The quantitative estimate of drug-likeness (QED) is 0.566. The van der Waals surface area contributed by atoms with Gasteiger partial charge < -0.3 is 10.7 Å². The number of carbonyl (C=O) groups excluding carboxylic acids is 1. The van der Waals surface area contributed by atoms with Crippen molar-refractivity contribution in [2.24, 2.45) is 11.8 Å². The van der Waals surface area contributed by atoms with Crippen LogP contribution in [0.3, 0.4) is 0 Å². The lowest BCUT2D eigenvalue weighted by Crippen LogP contribution is -2.27. The lowest BCUT2D eigenvalue weighted by molar-refractivity contribution is 0.0952. The Hall–Kier alpha value is -1.62. The van der Waals surface area contributed by atoms with Gasteiger partial charge in [-0.1, -0.05) is 31.7 Å². The monoisotopic (exact) mass is 265 g/mol. The molecule has 0 unspecified atom stereocenters. The minimum atomic E-state index is -0.522. The van der Waals surface area contributed by atoms with Crippen molar-refractivity contribution in [3.8, 4) is 0 Å². The first kappa shape index (κ1) is 13.8. The molecule has 0 heterocycles. The average molecular weight is 265 g/mol. The van der Waals surface area contributed by atoms with E-state index in [-0.39, 0.29) is 17.2 Å². The summed E-state index contributed by atoms with van der Waals surface area (Å²) in [5.41, 5.74) is 2.53. The summed E-state index contributed by atoms with van der Waals surface area (Å²) in [7, 11) is 0. The Morgan fingerprint density at radius 1 is 1.37 bits per heavy atom. The number of halogens is 1. The number of nitrogens with one attached hydrogen (secondary N) is 2. The summed E-state index contributed by atoms with van der Waals surface area (Å²) in [5.74, 6) is 5.16. The number of hydrazine groups is 1. The van der Waals surface area contributed by atoms with E-state index < -0.39 is 5.82 Å². The molecule has 104 valence electrons. The van der Waals surface area contributed by atoms with Crippen LogP contribution in [0.2, 0.25) is 0 Å². The van der Waals surface area contributed by atoms with Gasteiger partial charge in [0.25, 0.3) is 5.91 Å². The summed E-state index contributed by atoms with van der Waals surface area (Å²) < 4.78 is 13.5. The lowest BCUT2D eigenvalue weighted by Gasteiger charge is -2.12. The predicted molar refractivity (Wildman–Crippen MR) is 73.1 cm³/mol. The molecule has 0 aromatic heterocycles. The number of rotatable bonds is 5. The lowest BCUT2D eigenvalue weighted by atomic mass is 10.0. The number of amides is 1. The number of hydrogen-bond donors (Lipinski definition) is 3. The average Bonchev–Trinajstić information content (AvgIpc) is 2.91. The Kier molecular flexibility index (Phi) is 4.74. The summed E-state index contributed by atoms with van der Waals surface area (Å²) in [6, 6.07) is 4.33. The Labute approximate surface area is 112 Å². The third-order valence-corrected chi connectivity index (χ3v) is 3.72. The molecular weight excluding hydrogens is 245 g/mol. The normalized spacial score (nSPS) is 15.5. The van der Waals surface area contributed by atoms with Crippen LogP contribution in [-0.4, -0.2) is 12.5 Å². The molecule has 19 heavy (non-hydrogen) atoms. The maximum atomic E-state index is 13.5. The van der Waals surface area contributed by atoms with E-state index in [0.717, 1.165) is 12.3 Å². The van der Waals surface area contributed by atoms with Crippen LogP contribution in [0.5, 0.6) is 0 Å².